The monoisotopic (exact) mass is 234 g/mol. The van der Waals surface area contributed by atoms with Crippen LogP contribution in [0.4, 0.5) is 11.4 Å². The lowest BCUT2D eigenvalue weighted by Gasteiger charge is -2.08. The summed E-state index contributed by atoms with van der Waals surface area (Å²) in [6.45, 7) is 8.72. The quantitative estimate of drug-likeness (QED) is 0.643. The molecule has 0 saturated heterocycles. The molecule has 4 nitrogen and oxygen atoms in total. The van der Waals surface area contributed by atoms with Gasteiger partial charge in [0.05, 0.1) is 4.92 Å². The van der Waals surface area contributed by atoms with Crippen molar-refractivity contribution < 1.29 is 4.92 Å². The number of hydrogen-bond acceptors (Lipinski definition) is 3. The summed E-state index contributed by atoms with van der Waals surface area (Å²) in [6, 6.07) is 7.08. The van der Waals surface area contributed by atoms with E-state index in [2.05, 4.69) is 33.0 Å². The van der Waals surface area contributed by atoms with E-state index in [0.717, 1.165) is 0 Å². The zero-order valence-electron chi connectivity index (χ0n) is 10.7. The molecular formula is C13H18N2O2. The standard InChI is InChI=1S/C13H18N2O2/c1-12(2)11(13(12,3)4)14-9-7-5-6-8-10(9)15(16)17/h5-8,11,14H,1-4H3. The molecule has 1 aromatic rings. The highest BCUT2D eigenvalue weighted by atomic mass is 16.6. The van der Waals surface area contributed by atoms with Gasteiger partial charge in [0, 0.05) is 12.1 Å². The van der Waals surface area contributed by atoms with Gasteiger partial charge in [-0.2, -0.15) is 0 Å². The Morgan fingerprint density at radius 3 is 2.18 bits per heavy atom. The molecule has 1 saturated carbocycles. The molecule has 0 aromatic heterocycles. The average molecular weight is 234 g/mol. The van der Waals surface area contributed by atoms with E-state index < -0.39 is 0 Å². The second kappa shape index (κ2) is 3.45. The first-order valence-electron chi connectivity index (χ1n) is 5.78. The number of para-hydroxylation sites is 2. The van der Waals surface area contributed by atoms with Gasteiger partial charge in [0.25, 0.3) is 5.69 Å². The van der Waals surface area contributed by atoms with Gasteiger partial charge in [-0.05, 0) is 16.9 Å². The molecule has 0 aliphatic heterocycles. The Hall–Kier alpha value is -1.58. The van der Waals surface area contributed by atoms with Crippen LogP contribution in [0.25, 0.3) is 0 Å². The summed E-state index contributed by atoms with van der Waals surface area (Å²) >= 11 is 0. The number of nitrogens with one attached hydrogen (secondary N) is 1. The number of nitrogens with zero attached hydrogens (tertiary/aromatic N) is 1. The van der Waals surface area contributed by atoms with Crippen LogP contribution >= 0.6 is 0 Å². The third-order valence-corrected chi connectivity index (χ3v) is 4.42. The van der Waals surface area contributed by atoms with E-state index >= 15 is 0 Å². The summed E-state index contributed by atoms with van der Waals surface area (Å²) in [5.41, 5.74) is 1.08. The fraction of sp³-hybridized carbons (Fsp3) is 0.538. The van der Waals surface area contributed by atoms with E-state index in [1.54, 1.807) is 12.1 Å². The van der Waals surface area contributed by atoms with Crippen molar-refractivity contribution in [2.75, 3.05) is 5.32 Å². The molecule has 0 spiro atoms. The number of nitro benzene ring substituents is 1. The van der Waals surface area contributed by atoms with Crippen molar-refractivity contribution >= 4 is 11.4 Å². The third-order valence-electron chi connectivity index (χ3n) is 4.42. The lowest BCUT2D eigenvalue weighted by molar-refractivity contribution is -0.384. The normalized spacial score (nSPS) is 20.9. The fourth-order valence-corrected chi connectivity index (χ4v) is 2.47. The first-order valence-corrected chi connectivity index (χ1v) is 5.78. The molecule has 0 amide bonds. The Morgan fingerprint density at radius 1 is 1.18 bits per heavy atom. The van der Waals surface area contributed by atoms with E-state index in [-0.39, 0.29) is 27.5 Å². The second-order valence-electron chi connectivity index (χ2n) is 5.79. The van der Waals surface area contributed by atoms with Crippen molar-refractivity contribution in [3.8, 4) is 0 Å². The van der Waals surface area contributed by atoms with Crippen LogP contribution < -0.4 is 5.32 Å². The summed E-state index contributed by atoms with van der Waals surface area (Å²) in [5, 5.41) is 14.2. The highest BCUT2D eigenvalue weighted by Crippen LogP contribution is 2.63. The van der Waals surface area contributed by atoms with Gasteiger partial charge >= 0.3 is 0 Å². The van der Waals surface area contributed by atoms with Crippen LogP contribution in [0.2, 0.25) is 0 Å². The Bertz CT molecular complexity index is 452. The van der Waals surface area contributed by atoms with Crippen LogP contribution in [-0.2, 0) is 0 Å². The van der Waals surface area contributed by atoms with Crippen molar-refractivity contribution in [2.24, 2.45) is 10.8 Å². The minimum atomic E-state index is -0.343. The van der Waals surface area contributed by atoms with Crippen LogP contribution in [0.1, 0.15) is 27.7 Å². The highest BCUT2D eigenvalue weighted by Gasteiger charge is 2.65. The van der Waals surface area contributed by atoms with Crippen LogP contribution in [0.15, 0.2) is 24.3 Å². The predicted molar refractivity (Wildman–Crippen MR) is 68.1 cm³/mol. The molecule has 1 N–H and O–H groups in total. The molecule has 1 aromatic carbocycles. The van der Waals surface area contributed by atoms with Gasteiger partial charge < -0.3 is 5.32 Å². The number of nitro groups is 1. The number of anilines is 1. The Kier molecular flexibility index (Phi) is 2.42. The van der Waals surface area contributed by atoms with Gasteiger partial charge in [0.1, 0.15) is 5.69 Å². The molecule has 1 fully saturated rings. The van der Waals surface area contributed by atoms with Crippen LogP contribution in [0.3, 0.4) is 0 Å². The van der Waals surface area contributed by atoms with Gasteiger partial charge in [-0.15, -0.1) is 0 Å². The molecule has 0 radical (unpaired) electrons. The third kappa shape index (κ3) is 1.68. The molecule has 0 atom stereocenters. The molecule has 0 unspecified atom stereocenters. The van der Waals surface area contributed by atoms with E-state index in [1.807, 2.05) is 6.07 Å². The maximum Gasteiger partial charge on any atom is 0.292 e. The smallest absolute Gasteiger partial charge is 0.292 e. The zero-order chi connectivity index (χ0) is 12.8. The van der Waals surface area contributed by atoms with Crippen molar-refractivity contribution in [1.82, 2.24) is 0 Å². The average Bonchev–Trinajstić information content (AvgIpc) is 2.61. The molecular weight excluding hydrogens is 216 g/mol. The number of benzene rings is 1. The second-order valence-corrected chi connectivity index (χ2v) is 5.79. The minimum absolute atomic E-state index is 0.144. The minimum Gasteiger partial charge on any atom is -0.376 e. The summed E-state index contributed by atoms with van der Waals surface area (Å²) in [7, 11) is 0. The van der Waals surface area contributed by atoms with Crippen LogP contribution in [0.5, 0.6) is 0 Å². The summed E-state index contributed by atoms with van der Waals surface area (Å²) in [4.78, 5) is 10.6. The summed E-state index contributed by atoms with van der Waals surface area (Å²) in [5.74, 6) is 0. The Labute approximate surface area is 101 Å². The van der Waals surface area contributed by atoms with E-state index in [1.165, 1.54) is 6.07 Å². The zero-order valence-corrected chi connectivity index (χ0v) is 10.7. The maximum absolute atomic E-state index is 10.9. The fourth-order valence-electron chi connectivity index (χ4n) is 2.47. The van der Waals surface area contributed by atoms with Gasteiger partial charge in [-0.25, -0.2) is 0 Å². The van der Waals surface area contributed by atoms with Gasteiger partial charge in [0.2, 0.25) is 0 Å². The topological polar surface area (TPSA) is 55.2 Å². The van der Waals surface area contributed by atoms with Gasteiger partial charge in [-0.3, -0.25) is 10.1 Å². The van der Waals surface area contributed by atoms with E-state index in [0.29, 0.717) is 5.69 Å². The molecule has 2 rings (SSSR count). The first-order chi connectivity index (χ1) is 7.78. The summed E-state index contributed by atoms with van der Waals surface area (Å²) in [6.07, 6.45) is 0. The maximum atomic E-state index is 10.9. The largest absolute Gasteiger partial charge is 0.376 e. The molecule has 4 heteroatoms. The van der Waals surface area contributed by atoms with Gasteiger partial charge in [-0.1, -0.05) is 39.8 Å². The molecule has 92 valence electrons. The number of rotatable bonds is 3. The lowest BCUT2D eigenvalue weighted by atomic mass is 10.0. The molecule has 0 bridgehead atoms. The van der Waals surface area contributed by atoms with Gasteiger partial charge in [0.15, 0.2) is 0 Å². The van der Waals surface area contributed by atoms with Crippen LogP contribution in [-0.4, -0.2) is 11.0 Å². The lowest BCUT2D eigenvalue weighted by Crippen LogP contribution is -2.11. The van der Waals surface area contributed by atoms with Crippen molar-refractivity contribution in [3.63, 3.8) is 0 Å². The molecule has 1 aliphatic carbocycles. The molecule has 17 heavy (non-hydrogen) atoms. The Morgan fingerprint density at radius 2 is 1.71 bits per heavy atom. The van der Waals surface area contributed by atoms with Crippen molar-refractivity contribution in [2.45, 2.75) is 33.7 Å². The highest BCUT2D eigenvalue weighted by molar-refractivity contribution is 5.63. The number of hydrogen-bond donors (Lipinski definition) is 1. The van der Waals surface area contributed by atoms with Crippen LogP contribution in [0, 0.1) is 20.9 Å². The van der Waals surface area contributed by atoms with E-state index in [9.17, 15) is 10.1 Å². The first kappa shape index (κ1) is 11.9. The Balaban J connectivity index is 2.25. The SMILES string of the molecule is CC1(C)C(Nc2ccccc2[N+](=O)[O-])C1(C)C. The van der Waals surface area contributed by atoms with E-state index in [4.69, 9.17) is 0 Å². The molecule has 0 heterocycles. The molecule has 1 aliphatic rings. The van der Waals surface area contributed by atoms with Crippen molar-refractivity contribution in [1.29, 1.82) is 0 Å². The summed E-state index contributed by atoms with van der Waals surface area (Å²) < 4.78 is 0. The predicted octanol–water partition coefficient (Wildman–Crippen LogP) is 3.44. The van der Waals surface area contributed by atoms with Crippen molar-refractivity contribution in [3.05, 3.63) is 34.4 Å².